The maximum Gasteiger partial charge on any atom is 0.307 e. The van der Waals surface area contributed by atoms with Crippen LogP contribution in [-0.4, -0.2) is 17.7 Å². The van der Waals surface area contributed by atoms with Crippen molar-refractivity contribution in [3.63, 3.8) is 0 Å². The second-order valence-electron chi connectivity index (χ2n) is 5.24. The number of aliphatic carboxylic acids is 1. The van der Waals surface area contributed by atoms with Crippen molar-refractivity contribution in [2.45, 2.75) is 20.5 Å². The first-order valence-corrected chi connectivity index (χ1v) is 5.88. The van der Waals surface area contributed by atoms with E-state index in [0.29, 0.717) is 13.2 Å². The summed E-state index contributed by atoms with van der Waals surface area (Å²) in [7, 11) is 0. The maximum absolute atomic E-state index is 11.0. The standard InChI is InChI=1S/C14H18O3/c1-14(2)11(12(14)13(15)16)9-17-8-10-6-4-3-5-7-10/h3-7,11-12H,8-9H2,1-2H3,(H,15,16). The first-order valence-electron chi connectivity index (χ1n) is 5.88. The summed E-state index contributed by atoms with van der Waals surface area (Å²) in [5.74, 6) is -0.815. The number of benzene rings is 1. The van der Waals surface area contributed by atoms with Crippen molar-refractivity contribution in [1.29, 1.82) is 0 Å². The second kappa shape index (κ2) is 4.49. The molecule has 2 rings (SSSR count). The van der Waals surface area contributed by atoms with Crippen LogP contribution in [-0.2, 0) is 16.1 Å². The average molecular weight is 234 g/mol. The summed E-state index contributed by atoms with van der Waals surface area (Å²) in [5, 5.41) is 9.02. The van der Waals surface area contributed by atoms with Crippen LogP contribution in [0.4, 0.5) is 0 Å². The number of carbonyl (C=O) groups is 1. The Bertz CT molecular complexity index is 397. The fraction of sp³-hybridized carbons (Fsp3) is 0.500. The van der Waals surface area contributed by atoms with Crippen LogP contribution in [0.5, 0.6) is 0 Å². The molecule has 0 radical (unpaired) electrons. The zero-order valence-electron chi connectivity index (χ0n) is 10.2. The van der Waals surface area contributed by atoms with E-state index in [0.717, 1.165) is 5.56 Å². The molecular formula is C14H18O3. The monoisotopic (exact) mass is 234 g/mol. The molecule has 0 aromatic heterocycles. The average Bonchev–Trinajstić information content (AvgIpc) is 2.82. The molecule has 0 amide bonds. The summed E-state index contributed by atoms with van der Waals surface area (Å²) in [6.45, 7) is 5.06. The molecule has 1 N–H and O–H groups in total. The third kappa shape index (κ3) is 2.50. The first kappa shape index (κ1) is 12.1. The van der Waals surface area contributed by atoms with Crippen LogP contribution in [0.15, 0.2) is 30.3 Å². The predicted molar refractivity (Wildman–Crippen MR) is 64.5 cm³/mol. The van der Waals surface area contributed by atoms with Gasteiger partial charge in [-0.25, -0.2) is 0 Å². The van der Waals surface area contributed by atoms with Gasteiger partial charge in [-0.05, 0) is 11.0 Å². The topological polar surface area (TPSA) is 46.5 Å². The summed E-state index contributed by atoms with van der Waals surface area (Å²) >= 11 is 0. The Balaban J connectivity index is 1.79. The van der Waals surface area contributed by atoms with Crippen LogP contribution in [0.1, 0.15) is 19.4 Å². The van der Waals surface area contributed by atoms with E-state index in [4.69, 9.17) is 9.84 Å². The number of carboxylic acids is 1. The molecule has 0 saturated heterocycles. The molecule has 1 aliphatic carbocycles. The summed E-state index contributed by atoms with van der Waals surface area (Å²) in [6.07, 6.45) is 0. The SMILES string of the molecule is CC1(C)C(COCc2ccccc2)C1C(=O)O. The Morgan fingerprint density at radius 2 is 2.00 bits per heavy atom. The second-order valence-corrected chi connectivity index (χ2v) is 5.24. The Morgan fingerprint density at radius 1 is 1.35 bits per heavy atom. The van der Waals surface area contributed by atoms with Crippen LogP contribution in [0.3, 0.4) is 0 Å². The van der Waals surface area contributed by atoms with Gasteiger partial charge in [0, 0.05) is 5.92 Å². The van der Waals surface area contributed by atoms with Crippen molar-refractivity contribution in [3.8, 4) is 0 Å². The predicted octanol–water partition coefficient (Wildman–Crippen LogP) is 2.56. The summed E-state index contributed by atoms with van der Waals surface area (Å²) in [4.78, 5) is 11.0. The quantitative estimate of drug-likeness (QED) is 0.851. The molecule has 2 unspecified atom stereocenters. The van der Waals surface area contributed by atoms with Gasteiger partial charge < -0.3 is 9.84 Å². The lowest BCUT2D eigenvalue weighted by Gasteiger charge is -2.05. The van der Waals surface area contributed by atoms with E-state index in [1.165, 1.54) is 0 Å². The molecule has 1 aliphatic rings. The van der Waals surface area contributed by atoms with Crippen molar-refractivity contribution in [2.24, 2.45) is 17.3 Å². The van der Waals surface area contributed by atoms with E-state index in [9.17, 15) is 4.79 Å². The van der Waals surface area contributed by atoms with Crippen LogP contribution >= 0.6 is 0 Å². The summed E-state index contributed by atoms with van der Waals surface area (Å²) in [6, 6.07) is 9.92. The largest absolute Gasteiger partial charge is 0.481 e. The minimum Gasteiger partial charge on any atom is -0.481 e. The number of ether oxygens (including phenoxy) is 1. The van der Waals surface area contributed by atoms with E-state index in [-0.39, 0.29) is 17.3 Å². The summed E-state index contributed by atoms with van der Waals surface area (Å²) in [5.41, 5.74) is 1.00. The van der Waals surface area contributed by atoms with Crippen LogP contribution in [0, 0.1) is 17.3 Å². The number of rotatable bonds is 5. The number of hydrogen-bond donors (Lipinski definition) is 1. The highest BCUT2D eigenvalue weighted by molar-refractivity contribution is 5.75. The van der Waals surface area contributed by atoms with E-state index in [1.54, 1.807) is 0 Å². The molecule has 1 aromatic rings. The highest BCUT2D eigenvalue weighted by Gasteiger charge is 2.61. The third-order valence-electron chi connectivity index (χ3n) is 3.73. The highest BCUT2D eigenvalue weighted by atomic mass is 16.5. The minimum absolute atomic E-state index is 0.122. The van der Waals surface area contributed by atoms with Crippen LogP contribution in [0.25, 0.3) is 0 Å². The van der Waals surface area contributed by atoms with Crippen molar-refractivity contribution in [1.82, 2.24) is 0 Å². The van der Waals surface area contributed by atoms with Gasteiger partial charge in [0.05, 0.1) is 19.1 Å². The molecule has 17 heavy (non-hydrogen) atoms. The Labute approximate surface area is 101 Å². The Morgan fingerprint density at radius 3 is 2.53 bits per heavy atom. The van der Waals surface area contributed by atoms with Gasteiger partial charge in [-0.15, -0.1) is 0 Å². The molecule has 3 nitrogen and oxygen atoms in total. The molecule has 1 aromatic carbocycles. The van der Waals surface area contributed by atoms with Crippen molar-refractivity contribution in [3.05, 3.63) is 35.9 Å². The van der Waals surface area contributed by atoms with Gasteiger partial charge in [0.15, 0.2) is 0 Å². The third-order valence-corrected chi connectivity index (χ3v) is 3.73. The van der Waals surface area contributed by atoms with E-state index in [1.807, 2.05) is 44.2 Å². The lowest BCUT2D eigenvalue weighted by Crippen LogP contribution is -2.04. The smallest absolute Gasteiger partial charge is 0.307 e. The normalized spacial score (nSPS) is 25.5. The van der Waals surface area contributed by atoms with Gasteiger partial charge in [-0.2, -0.15) is 0 Å². The van der Waals surface area contributed by atoms with Crippen LogP contribution in [0.2, 0.25) is 0 Å². The lowest BCUT2D eigenvalue weighted by molar-refractivity contribution is -0.139. The minimum atomic E-state index is -0.705. The van der Waals surface area contributed by atoms with E-state index < -0.39 is 5.97 Å². The molecule has 3 heteroatoms. The van der Waals surface area contributed by atoms with Gasteiger partial charge in [0.1, 0.15) is 0 Å². The van der Waals surface area contributed by atoms with Crippen molar-refractivity contribution < 1.29 is 14.6 Å². The Kier molecular flexibility index (Phi) is 3.20. The Hall–Kier alpha value is -1.35. The fourth-order valence-electron chi connectivity index (χ4n) is 2.42. The van der Waals surface area contributed by atoms with Gasteiger partial charge in [0.2, 0.25) is 0 Å². The van der Waals surface area contributed by atoms with Crippen LogP contribution < -0.4 is 0 Å². The maximum atomic E-state index is 11.0. The molecule has 92 valence electrons. The fourth-order valence-corrected chi connectivity index (χ4v) is 2.42. The van der Waals surface area contributed by atoms with Gasteiger partial charge in [-0.1, -0.05) is 44.2 Å². The molecule has 1 fully saturated rings. The van der Waals surface area contributed by atoms with Gasteiger partial charge in [-0.3, -0.25) is 4.79 Å². The highest BCUT2D eigenvalue weighted by Crippen LogP contribution is 2.58. The first-order chi connectivity index (χ1) is 8.03. The number of hydrogen-bond acceptors (Lipinski definition) is 2. The van der Waals surface area contributed by atoms with Gasteiger partial charge in [0.25, 0.3) is 0 Å². The van der Waals surface area contributed by atoms with Crippen molar-refractivity contribution >= 4 is 5.97 Å². The summed E-state index contributed by atoms with van der Waals surface area (Å²) < 4.78 is 5.60. The molecule has 0 spiro atoms. The molecule has 2 atom stereocenters. The van der Waals surface area contributed by atoms with Gasteiger partial charge >= 0.3 is 5.97 Å². The molecule has 0 bridgehead atoms. The number of carboxylic acid groups (broad SMARTS) is 1. The molecule has 0 aliphatic heterocycles. The zero-order valence-corrected chi connectivity index (χ0v) is 10.2. The molecule has 1 saturated carbocycles. The van der Waals surface area contributed by atoms with E-state index >= 15 is 0 Å². The lowest BCUT2D eigenvalue weighted by atomic mass is 10.1. The zero-order chi connectivity index (χ0) is 12.5. The van der Waals surface area contributed by atoms with Crippen molar-refractivity contribution in [2.75, 3.05) is 6.61 Å². The molecule has 0 heterocycles. The molecular weight excluding hydrogens is 216 g/mol. The van der Waals surface area contributed by atoms with E-state index in [2.05, 4.69) is 0 Å².